The normalized spacial score (nSPS) is 12.8. The summed E-state index contributed by atoms with van der Waals surface area (Å²) < 4.78 is 27.5. The van der Waals surface area contributed by atoms with Crippen LogP contribution >= 0.6 is 27.3 Å². The third-order valence-electron chi connectivity index (χ3n) is 2.38. The van der Waals surface area contributed by atoms with Crippen LogP contribution in [0.4, 0.5) is 0 Å². The Labute approximate surface area is 124 Å². The summed E-state index contributed by atoms with van der Waals surface area (Å²) in [7, 11) is -3.44. The highest BCUT2D eigenvalue weighted by molar-refractivity contribution is 9.11. The second-order valence-corrected chi connectivity index (χ2v) is 8.33. The van der Waals surface area contributed by atoms with Gasteiger partial charge in [0, 0.05) is 13.0 Å². The summed E-state index contributed by atoms with van der Waals surface area (Å²) in [4.78, 5) is 0. The number of nitrogens with two attached hydrogens (primary N) is 1. The first-order chi connectivity index (χ1) is 8.86. The minimum absolute atomic E-state index is 0.153. The van der Waals surface area contributed by atoms with E-state index in [-0.39, 0.29) is 5.84 Å². The first-order valence-electron chi connectivity index (χ1n) is 5.59. The van der Waals surface area contributed by atoms with Crippen LogP contribution in [0.2, 0.25) is 0 Å². The maximum atomic E-state index is 11.9. The van der Waals surface area contributed by atoms with E-state index in [0.717, 1.165) is 9.35 Å². The van der Waals surface area contributed by atoms with Crippen molar-refractivity contribution in [3.8, 4) is 0 Å². The maximum Gasteiger partial charge on any atom is 0.250 e. The fraction of sp³-hybridized carbons (Fsp3) is 0.500. The van der Waals surface area contributed by atoms with Crippen molar-refractivity contribution in [1.82, 2.24) is 4.72 Å². The van der Waals surface area contributed by atoms with E-state index in [2.05, 4.69) is 25.8 Å². The number of nitrogens with zero attached hydrogens (tertiary/aromatic N) is 1. The molecule has 4 N–H and O–H groups in total. The molecule has 0 saturated carbocycles. The van der Waals surface area contributed by atoms with Crippen LogP contribution in [0.1, 0.15) is 24.8 Å². The molecule has 0 bridgehead atoms. The number of halogens is 1. The van der Waals surface area contributed by atoms with E-state index in [1.165, 1.54) is 11.3 Å². The first-order valence-corrected chi connectivity index (χ1v) is 8.68. The zero-order valence-electron chi connectivity index (χ0n) is 10.4. The molecule has 6 nitrogen and oxygen atoms in total. The van der Waals surface area contributed by atoms with Crippen LogP contribution in [0.25, 0.3) is 0 Å². The number of hydrogen-bond acceptors (Lipinski definition) is 5. The Morgan fingerprint density at radius 1 is 1.58 bits per heavy atom. The van der Waals surface area contributed by atoms with Crippen molar-refractivity contribution in [1.29, 1.82) is 0 Å². The smallest absolute Gasteiger partial charge is 0.250 e. The standard InChI is InChI=1S/C10H16BrN3O3S2/c1-7-6-9(18-10(7)11)19(16,17)13-5-3-2-4-8(12)14-15/h6,13,15H,2-5H2,1H3,(H2,12,14). The van der Waals surface area contributed by atoms with Gasteiger partial charge in [-0.05, 0) is 47.3 Å². The second-order valence-electron chi connectivity index (χ2n) is 3.97. The number of aryl methyl sites for hydroxylation is 1. The molecule has 0 aliphatic rings. The van der Waals surface area contributed by atoms with Crippen molar-refractivity contribution in [3.63, 3.8) is 0 Å². The number of nitrogens with one attached hydrogen (secondary N) is 1. The third kappa shape index (κ3) is 5.09. The van der Waals surface area contributed by atoms with Crippen LogP contribution in [0, 0.1) is 6.92 Å². The van der Waals surface area contributed by atoms with Crippen molar-refractivity contribution in [2.24, 2.45) is 10.9 Å². The zero-order valence-corrected chi connectivity index (χ0v) is 13.6. The SMILES string of the molecule is Cc1cc(S(=O)(=O)NCCCCC(N)=NO)sc1Br. The predicted octanol–water partition coefficient (Wildman–Crippen LogP) is 2.01. The number of oxime groups is 1. The molecule has 1 rings (SSSR count). The summed E-state index contributed by atoms with van der Waals surface area (Å²) in [6, 6.07) is 1.63. The first kappa shape index (κ1) is 16.4. The number of thiophene rings is 1. The van der Waals surface area contributed by atoms with Crippen LogP contribution in [0.3, 0.4) is 0 Å². The van der Waals surface area contributed by atoms with Crippen LogP contribution in [0.15, 0.2) is 19.2 Å². The van der Waals surface area contributed by atoms with Gasteiger partial charge in [-0.25, -0.2) is 13.1 Å². The molecule has 0 radical (unpaired) electrons. The summed E-state index contributed by atoms with van der Waals surface area (Å²) in [5, 5.41) is 11.2. The van der Waals surface area contributed by atoms with Crippen LogP contribution < -0.4 is 10.5 Å². The molecule has 0 fully saturated rings. The lowest BCUT2D eigenvalue weighted by molar-refractivity contribution is 0.316. The van der Waals surface area contributed by atoms with E-state index < -0.39 is 10.0 Å². The number of sulfonamides is 1. The number of unbranched alkanes of at least 4 members (excludes halogenated alkanes) is 1. The zero-order chi connectivity index (χ0) is 14.5. The molecule has 9 heteroatoms. The van der Waals surface area contributed by atoms with Gasteiger partial charge in [0.15, 0.2) is 0 Å². The Bertz CT molecular complexity index is 535. The van der Waals surface area contributed by atoms with E-state index in [0.29, 0.717) is 30.0 Å². The number of amidine groups is 1. The molecule has 0 saturated heterocycles. The summed E-state index contributed by atoms with van der Waals surface area (Å²) in [5.41, 5.74) is 6.21. The molecule has 0 aliphatic carbocycles. The van der Waals surface area contributed by atoms with Gasteiger partial charge in [0.1, 0.15) is 10.0 Å². The van der Waals surface area contributed by atoms with Gasteiger partial charge in [-0.1, -0.05) is 5.16 Å². The fourth-order valence-corrected chi connectivity index (χ4v) is 4.67. The highest BCUT2D eigenvalue weighted by atomic mass is 79.9. The summed E-state index contributed by atoms with van der Waals surface area (Å²) in [6.45, 7) is 2.17. The topological polar surface area (TPSA) is 105 Å². The Morgan fingerprint density at radius 3 is 2.79 bits per heavy atom. The molecule has 0 spiro atoms. The van der Waals surface area contributed by atoms with Crippen molar-refractivity contribution in [3.05, 3.63) is 15.4 Å². The molecule has 0 amide bonds. The molecule has 0 aliphatic heterocycles. The van der Waals surface area contributed by atoms with Crippen LogP contribution in [-0.4, -0.2) is 26.0 Å². The Hall–Kier alpha value is -0.640. The lowest BCUT2D eigenvalue weighted by atomic mass is 10.2. The largest absolute Gasteiger partial charge is 0.409 e. The van der Waals surface area contributed by atoms with Gasteiger partial charge >= 0.3 is 0 Å². The quantitative estimate of drug-likeness (QED) is 0.224. The molecule has 1 heterocycles. The van der Waals surface area contributed by atoms with Gasteiger partial charge in [0.25, 0.3) is 0 Å². The highest BCUT2D eigenvalue weighted by Gasteiger charge is 2.17. The third-order valence-corrected chi connectivity index (χ3v) is 6.45. The van der Waals surface area contributed by atoms with Gasteiger partial charge in [0.2, 0.25) is 10.0 Å². The molecule has 0 atom stereocenters. The molecule has 19 heavy (non-hydrogen) atoms. The molecular formula is C10H16BrN3O3S2. The number of rotatable bonds is 7. The maximum absolute atomic E-state index is 11.9. The molecule has 1 aromatic rings. The van der Waals surface area contributed by atoms with E-state index in [9.17, 15) is 8.42 Å². The molecule has 1 aromatic heterocycles. The summed E-state index contributed by atoms with van der Waals surface area (Å²) in [5.74, 6) is 0.153. The highest BCUT2D eigenvalue weighted by Crippen LogP contribution is 2.30. The Kier molecular flexibility index (Phi) is 6.24. The molecular weight excluding hydrogens is 354 g/mol. The lowest BCUT2D eigenvalue weighted by Gasteiger charge is -2.04. The summed E-state index contributed by atoms with van der Waals surface area (Å²) >= 11 is 4.49. The van der Waals surface area contributed by atoms with Crippen molar-refractivity contribution < 1.29 is 13.6 Å². The van der Waals surface area contributed by atoms with E-state index in [1.54, 1.807) is 6.07 Å². The lowest BCUT2D eigenvalue weighted by Crippen LogP contribution is -2.24. The summed E-state index contributed by atoms with van der Waals surface area (Å²) in [6.07, 6.45) is 1.73. The van der Waals surface area contributed by atoms with E-state index in [1.807, 2.05) is 6.92 Å². The van der Waals surface area contributed by atoms with Gasteiger partial charge in [0.05, 0.1) is 3.79 Å². The van der Waals surface area contributed by atoms with E-state index >= 15 is 0 Å². The van der Waals surface area contributed by atoms with Gasteiger partial charge in [-0.3, -0.25) is 0 Å². The number of hydrogen-bond donors (Lipinski definition) is 3. The molecule has 108 valence electrons. The molecule has 0 aromatic carbocycles. The van der Waals surface area contributed by atoms with Crippen LogP contribution in [0.5, 0.6) is 0 Å². The minimum atomic E-state index is -3.44. The van der Waals surface area contributed by atoms with E-state index in [4.69, 9.17) is 10.9 Å². The Balaban J connectivity index is 2.44. The predicted molar refractivity (Wildman–Crippen MR) is 79.2 cm³/mol. The van der Waals surface area contributed by atoms with Crippen molar-refractivity contribution in [2.45, 2.75) is 30.4 Å². The van der Waals surface area contributed by atoms with Crippen molar-refractivity contribution in [2.75, 3.05) is 6.54 Å². The minimum Gasteiger partial charge on any atom is -0.409 e. The van der Waals surface area contributed by atoms with Gasteiger partial charge in [-0.2, -0.15) is 0 Å². The monoisotopic (exact) mass is 369 g/mol. The van der Waals surface area contributed by atoms with Crippen molar-refractivity contribution >= 4 is 43.1 Å². The molecule has 0 unspecified atom stereocenters. The average Bonchev–Trinajstić information content (AvgIpc) is 2.69. The second kappa shape index (κ2) is 7.22. The van der Waals surface area contributed by atoms with Gasteiger partial charge in [-0.15, -0.1) is 11.3 Å². The Morgan fingerprint density at radius 2 is 2.26 bits per heavy atom. The average molecular weight is 370 g/mol. The fourth-order valence-electron chi connectivity index (χ4n) is 1.32. The van der Waals surface area contributed by atoms with Gasteiger partial charge < -0.3 is 10.9 Å². The van der Waals surface area contributed by atoms with Crippen LogP contribution in [-0.2, 0) is 10.0 Å².